The first-order valence-corrected chi connectivity index (χ1v) is 12.5. The third kappa shape index (κ3) is 7.23. The molecule has 0 heterocycles. The van der Waals surface area contributed by atoms with E-state index in [-0.39, 0.29) is 25.0 Å². The van der Waals surface area contributed by atoms with Gasteiger partial charge in [-0.05, 0) is 98.5 Å². The van der Waals surface area contributed by atoms with Crippen LogP contribution in [0.25, 0.3) is 11.1 Å². The lowest BCUT2D eigenvalue weighted by molar-refractivity contribution is -0.118. The first-order chi connectivity index (χ1) is 18.3. The van der Waals surface area contributed by atoms with Crippen LogP contribution in [-0.4, -0.2) is 25.0 Å². The summed E-state index contributed by atoms with van der Waals surface area (Å²) in [5.41, 5.74) is 7.65. The highest BCUT2D eigenvalue weighted by Crippen LogP contribution is 2.28. The van der Waals surface area contributed by atoms with Gasteiger partial charge >= 0.3 is 0 Å². The fourth-order valence-electron chi connectivity index (χ4n) is 3.91. The summed E-state index contributed by atoms with van der Waals surface area (Å²) in [6.07, 6.45) is 0. The van der Waals surface area contributed by atoms with Gasteiger partial charge in [-0.1, -0.05) is 47.5 Å². The van der Waals surface area contributed by atoms with Crippen LogP contribution in [0.3, 0.4) is 0 Å². The van der Waals surface area contributed by atoms with Crippen molar-refractivity contribution < 1.29 is 19.1 Å². The van der Waals surface area contributed by atoms with Crippen LogP contribution in [0.15, 0.2) is 84.9 Å². The zero-order chi connectivity index (χ0) is 27.1. The van der Waals surface area contributed by atoms with Gasteiger partial charge in [0.25, 0.3) is 11.8 Å². The van der Waals surface area contributed by atoms with Crippen molar-refractivity contribution in [3.8, 4) is 22.6 Å². The second kappa shape index (κ2) is 12.1. The van der Waals surface area contributed by atoms with Crippen LogP contribution < -0.4 is 20.1 Å². The number of aryl methyl sites for hydroxylation is 4. The lowest BCUT2D eigenvalue weighted by Crippen LogP contribution is -2.20. The van der Waals surface area contributed by atoms with Gasteiger partial charge in [0.15, 0.2) is 13.2 Å². The highest BCUT2D eigenvalue weighted by Gasteiger charge is 2.10. The zero-order valence-electron chi connectivity index (χ0n) is 22.1. The van der Waals surface area contributed by atoms with Crippen LogP contribution >= 0.6 is 0 Å². The van der Waals surface area contributed by atoms with E-state index in [1.54, 1.807) is 0 Å². The Morgan fingerprint density at radius 2 is 0.921 bits per heavy atom. The first-order valence-electron chi connectivity index (χ1n) is 12.5. The van der Waals surface area contributed by atoms with Crippen molar-refractivity contribution in [2.24, 2.45) is 0 Å². The van der Waals surface area contributed by atoms with E-state index < -0.39 is 0 Å². The summed E-state index contributed by atoms with van der Waals surface area (Å²) in [7, 11) is 0. The number of ether oxygens (including phenoxy) is 2. The second-order valence-electron chi connectivity index (χ2n) is 9.36. The second-order valence-corrected chi connectivity index (χ2v) is 9.36. The normalized spacial score (nSPS) is 10.5. The van der Waals surface area contributed by atoms with E-state index in [1.807, 2.05) is 113 Å². The van der Waals surface area contributed by atoms with E-state index in [0.29, 0.717) is 11.5 Å². The molecule has 0 atom stereocenters. The molecule has 4 rings (SSSR count). The molecule has 6 nitrogen and oxygen atoms in total. The Morgan fingerprint density at radius 3 is 1.26 bits per heavy atom. The van der Waals surface area contributed by atoms with Crippen molar-refractivity contribution in [1.82, 2.24) is 0 Å². The summed E-state index contributed by atoms with van der Waals surface area (Å²) in [6, 6.07) is 26.9. The van der Waals surface area contributed by atoms with Gasteiger partial charge in [-0.25, -0.2) is 0 Å². The van der Waals surface area contributed by atoms with Gasteiger partial charge in [0, 0.05) is 11.4 Å². The van der Waals surface area contributed by atoms with Crippen molar-refractivity contribution in [3.05, 3.63) is 107 Å². The summed E-state index contributed by atoms with van der Waals surface area (Å²) in [5, 5.41) is 5.83. The van der Waals surface area contributed by atoms with Crippen molar-refractivity contribution in [2.75, 3.05) is 23.8 Å². The van der Waals surface area contributed by atoms with Crippen molar-refractivity contribution in [1.29, 1.82) is 0 Å². The smallest absolute Gasteiger partial charge is 0.262 e. The van der Waals surface area contributed by atoms with E-state index >= 15 is 0 Å². The highest BCUT2D eigenvalue weighted by atomic mass is 16.5. The minimum atomic E-state index is -0.219. The van der Waals surface area contributed by atoms with Crippen molar-refractivity contribution in [2.45, 2.75) is 27.7 Å². The molecule has 0 spiro atoms. The number of carbonyl (C=O) groups is 2. The van der Waals surface area contributed by atoms with Gasteiger partial charge < -0.3 is 20.1 Å². The molecule has 0 saturated carbocycles. The van der Waals surface area contributed by atoms with Crippen LogP contribution in [-0.2, 0) is 9.59 Å². The number of rotatable bonds is 9. The summed E-state index contributed by atoms with van der Waals surface area (Å²) >= 11 is 0. The standard InChI is InChI=1S/C32H32N2O4/c1-21-5-11-27(12-6-21)37-19-31(35)33-29-15-9-25(17-23(29)3)26-10-16-30(24(4)18-26)34-32(36)20-38-28-13-7-22(2)8-14-28/h5-18H,19-20H2,1-4H3,(H,33,35)(H,34,36). The molecule has 2 N–H and O–H groups in total. The van der Waals surface area contributed by atoms with E-state index in [0.717, 1.165) is 44.8 Å². The molecule has 6 heteroatoms. The molecule has 0 aliphatic carbocycles. The van der Waals surface area contributed by atoms with Crippen LogP contribution in [0.5, 0.6) is 11.5 Å². The molecule has 0 bridgehead atoms. The SMILES string of the molecule is Cc1ccc(OCC(=O)Nc2ccc(-c3ccc(NC(=O)COc4ccc(C)cc4)c(C)c3)cc2C)cc1. The first kappa shape index (κ1) is 26.5. The number of hydrogen-bond donors (Lipinski definition) is 2. The number of anilines is 2. The number of hydrogen-bond acceptors (Lipinski definition) is 4. The van der Waals surface area contributed by atoms with Crippen LogP contribution in [0, 0.1) is 27.7 Å². The van der Waals surface area contributed by atoms with Gasteiger partial charge in [0.2, 0.25) is 0 Å². The molecular formula is C32H32N2O4. The van der Waals surface area contributed by atoms with Crippen LogP contribution in [0.1, 0.15) is 22.3 Å². The lowest BCUT2D eigenvalue weighted by Gasteiger charge is -2.13. The van der Waals surface area contributed by atoms with Crippen molar-refractivity contribution in [3.63, 3.8) is 0 Å². The molecule has 38 heavy (non-hydrogen) atoms. The van der Waals surface area contributed by atoms with Crippen molar-refractivity contribution >= 4 is 23.2 Å². The Hall–Kier alpha value is -4.58. The number of carbonyl (C=O) groups excluding carboxylic acids is 2. The molecule has 194 valence electrons. The van der Waals surface area contributed by atoms with Gasteiger partial charge in [0.1, 0.15) is 11.5 Å². The summed E-state index contributed by atoms with van der Waals surface area (Å²) in [5.74, 6) is 0.880. The van der Waals surface area contributed by atoms with Gasteiger partial charge in [-0.15, -0.1) is 0 Å². The van der Waals surface area contributed by atoms with Gasteiger partial charge in [-0.3, -0.25) is 9.59 Å². The molecule has 0 aliphatic rings. The maximum Gasteiger partial charge on any atom is 0.262 e. The van der Waals surface area contributed by atoms with Crippen LogP contribution in [0.2, 0.25) is 0 Å². The number of nitrogens with one attached hydrogen (secondary N) is 2. The molecule has 4 aromatic rings. The minimum Gasteiger partial charge on any atom is -0.484 e. The molecule has 0 fully saturated rings. The predicted octanol–water partition coefficient (Wildman–Crippen LogP) is 6.62. The summed E-state index contributed by atoms with van der Waals surface area (Å²) in [4.78, 5) is 24.8. The Kier molecular flexibility index (Phi) is 8.44. The third-order valence-electron chi connectivity index (χ3n) is 6.12. The molecule has 2 amide bonds. The summed E-state index contributed by atoms with van der Waals surface area (Å²) < 4.78 is 11.1. The Balaban J connectivity index is 1.33. The lowest BCUT2D eigenvalue weighted by atomic mass is 10.00. The average molecular weight is 509 g/mol. The molecule has 0 saturated heterocycles. The Labute approximate surface area is 223 Å². The number of benzene rings is 4. The Bertz CT molecular complexity index is 1320. The van der Waals surface area contributed by atoms with Gasteiger partial charge in [-0.2, -0.15) is 0 Å². The number of amides is 2. The monoisotopic (exact) mass is 508 g/mol. The topological polar surface area (TPSA) is 76.7 Å². The molecule has 0 unspecified atom stereocenters. The Morgan fingerprint density at radius 1 is 0.553 bits per heavy atom. The quantitative estimate of drug-likeness (QED) is 0.266. The van der Waals surface area contributed by atoms with Crippen LogP contribution in [0.4, 0.5) is 11.4 Å². The van der Waals surface area contributed by atoms with Gasteiger partial charge in [0.05, 0.1) is 0 Å². The van der Waals surface area contributed by atoms with E-state index in [9.17, 15) is 9.59 Å². The van der Waals surface area contributed by atoms with E-state index in [1.165, 1.54) is 0 Å². The predicted molar refractivity (Wildman–Crippen MR) is 152 cm³/mol. The molecule has 4 aromatic carbocycles. The molecular weight excluding hydrogens is 476 g/mol. The third-order valence-corrected chi connectivity index (χ3v) is 6.12. The summed E-state index contributed by atoms with van der Waals surface area (Å²) in [6.45, 7) is 7.78. The van der Waals surface area contributed by atoms with E-state index in [4.69, 9.17) is 9.47 Å². The highest BCUT2D eigenvalue weighted by molar-refractivity contribution is 5.94. The molecule has 0 aromatic heterocycles. The molecule has 0 radical (unpaired) electrons. The maximum absolute atomic E-state index is 12.4. The van der Waals surface area contributed by atoms with E-state index in [2.05, 4.69) is 10.6 Å². The fourth-order valence-corrected chi connectivity index (χ4v) is 3.91. The largest absolute Gasteiger partial charge is 0.484 e. The minimum absolute atomic E-state index is 0.0628. The fraction of sp³-hybridized carbons (Fsp3) is 0.188. The zero-order valence-corrected chi connectivity index (χ0v) is 22.1. The maximum atomic E-state index is 12.4. The molecule has 0 aliphatic heterocycles. The average Bonchev–Trinajstić information content (AvgIpc) is 2.90.